The number of halogens is 1. The molecule has 0 saturated carbocycles. The van der Waals surface area contributed by atoms with Gasteiger partial charge in [0.25, 0.3) is 5.91 Å². The largest absolute Gasteiger partial charge is 0.493 e. The van der Waals surface area contributed by atoms with E-state index in [9.17, 15) is 4.79 Å². The van der Waals surface area contributed by atoms with E-state index in [0.717, 1.165) is 21.7 Å². The first-order chi connectivity index (χ1) is 16.1. The summed E-state index contributed by atoms with van der Waals surface area (Å²) < 4.78 is 10.8. The van der Waals surface area contributed by atoms with Gasteiger partial charge in [0, 0.05) is 11.4 Å². The van der Waals surface area contributed by atoms with Crippen molar-refractivity contribution >= 4 is 40.8 Å². The van der Waals surface area contributed by atoms with Crippen LogP contribution >= 0.6 is 22.9 Å². The highest BCUT2D eigenvalue weighted by molar-refractivity contribution is 7.12. The number of benzene rings is 2. The molecule has 1 aromatic heterocycles. The second-order valence-electron chi connectivity index (χ2n) is 7.16. The Labute approximate surface area is 200 Å². The number of amides is 1. The predicted molar refractivity (Wildman–Crippen MR) is 130 cm³/mol. The molecular formula is C24H22ClN3O4S. The summed E-state index contributed by atoms with van der Waals surface area (Å²) in [4.78, 5) is 19.3. The van der Waals surface area contributed by atoms with Crippen LogP contribution in [-0.4, -0.2) is 43.7 Å². The summed E-state index contributed by atoms with van der Waals surface area (Å²) in [6, 6.07) is 16.4. The maximum Gasteiger partial charge on any atom is 0.283 e. The van der Waals surface area contributed by atoms with Crippen LogP contribution in [0.15, 0.2) is 70.2 Å². The van der Waals surface area contributed by atoms with Crippen molar-refractivity contribution < 1.29 is 19.1 Å². The van der Waals surface area contributed by atoms with Crippen molar-refractivity contribution in [1.82, 2.24) is 5.01 Å². The summed E-state index contributed by atoms with van der Waals surface area (Å²) in [5.41, 5.74) is 2.55. The van der Waals surface area contributed by atoms with E-state index < -0.39 is 0 Å². The smallest absolute Gasteiger partial charge is 0.283 e. The summed E-state index contributed by atoms with van der Waals surface area (Å²) in [6.45, 7) is -0.241. The molecule has 3 aromatic rings. The third kappa shape index (κ3) is 5.35. The highest BCUT2D eigenvalue weighted by Crippen LogP contribution is 2.37. The second-order valence-corrected chi connectivity index (χ2v) is 8.54. The molecule has 0 N–H and O–H groups in total. The van der Waals surface area contributed by atoms with Gasteiger partial charge in [0.2, 0.25) is 0 Å². The number of oxime groups is 1. The molecule has 4 rings (SSSR count). The predicted octanol–water partition coefficient (Wildman–Crippen LogP) is 5.15. The van der Waals surface area contributed by atoms with Crippen molar-refractivity contribution in [3.05, 3.63) is 81.0 Å². The van der Waals surface area contributed by atoms with Gasteiger partial charge in [0.15, 0.2) is 18.1 Å². The first-order valence-corrected chi connectivity index (χ1v) is 11.4. The lowest BCUT2D eigenvalue weighted by molar-refractivity contribution is -0.137. The number of ether oxygens (including phenoxy) is 2. The Bertz CT molecular complexity index is 1160. The fourth-order valence-electron chi connectivity index (χ4n) is 3.46. The SMILES string of the molecule is COc1ccc(C2CC(c3cccs3)=NN2C(=O)CO/N=C/c2ccc(Cl)cc2)cc1OC. The average Bonchev–Trinajstić information content (AvgIpc) is 3.52. The van der Waals surface area contributed by atoms with E-state index in [-0.39, 0.29) is 18.6 Å². The highest BCUT2D eigenvalue weighted by Gasteiger charge is 2.34. The topological polar surface area (TPSA) is 72.7 Å². The molecule has 0 saturated heterocycles. The van der Waals surface area contributed by atoms with Gasteiger partial charge >= 0.3 is 0 Å². The number of thiophene rings is 1. The van der Waals surface area contributed by atoms with Crippen molar-refractivity contribution in [2.75, 3.05) is 20.8 Å². The molecule has 1 aliphatic heterocycles. The molecule has 0 bridgehead atoms. The van der Waals surface area contributed by atoms with Crippen LogP contribution in [0.1, 0.15) is 28.5 Å². The van der Waals surface area contributed by atoms with Crippen LogP contribution in [0.5, 0.6) is 11.5 Å². The Kier molecular flexibility index (Phi) is 7.26. The van der Waals surface area contributed by atoms with Crippen molar-refractivity contribution in [3.63, 3.8) is 0 Å². The Morgan fingerprint density at radius 1 is 1.18 bits per heavy atom. The van der Waals surface area contributed by atoms with Gasteiger partial charge in [-0.3, -0.25) is 4.79 Å². The lowest BCUT2D eigenvalue weighted by atomic mass is 10.0. The highest BCUT2D eigenvalue weighted by atomic mass is 35.5. The van der Waals surface area contributed by atoms with E-state index in [1.54, 1.807) is 37.7 Å². The first kappa shape index (κ1) is 22.8. The number of methoxy groups -OCH3 is 2. The normalized spacial score (nSPS) is 15.5. The van der Waals surface area contributed by atoms with Gasteiger partial charge in [-0.05, 0) is 46.8 Å². The van der Waals surface area contributed by atoms with Gasteiger partial charge in [0.1, 0.15) is 0 Å². The molecule has 2 aromatic carbocycles. The molecule has 33 heavy (non-hydrogen) atoms. The molecule has 0 spiro atoms. The molecule has 1 aliphatic rings. The summed E-state index contributed by atoms with van der Waals surface area (Å²) in [6.07, 6.45) is 2.11. The third-order valence-electron chi connectivity index (χ3n) is 5.10. The Morgan fingerprint density at radius 2 is 1.97 bits per heavy atom. The molecule has 1 amide bonds. The third-order valence-corrected chi connectivity index (χ3v) is 6.27. The summed E-state index contributed by atoms with van der Waals surface area (Å²) in [7, 11) is 3.17. The molecule has 0 aliphatic carbocycles. The fourth-order valence-corrected chi connectivity index (χ4v) is 4.30. The Morgan fingerprint density at radius 3 is 2.67 bits per heavy atom. The molecule has 9 heteroatoms. The lowest BCUT2D eigenvalue weighted by Crippen LogP contribution is -2.30. The Hall–Kier alpha value is -3.36. The maximum absolute atomic E-state index is 13.0. The van der Waals surface area contributed by atoms with Crippen LogP contribution < -0.4 is 9.47 Å². The summed E-state index contributed by atoms with van der Waals surface area (Å²) in [5.74, 6) is 0.918. The van der Waals surface area contributed by atoms with E-state index in [4.69, 9.17) is 25.9 Å². The molecule has 2 heterocycles. The lowest BCUT2D eigenvalue weighted by Gasteiger charge is -2.22. The number of nitrogens with zero attached hydrogens (tertiary/aromatic N) is 3. The monoisotopic (exact) mass is 483 g/mol. The number of hydrazone groups is 1. The molecule has 7 nitrogen and oxygen atoms in total. The Balaban J connectivity index is 1.51. The van der Waals surface area contributed by atoms with Crippen LogP contribution in [0.3, 0.4) is 0 Å². The first-order valence-electron chi connectivity index (χ1n) is 10.1. The number of hydrogen-bond acceptors (Lipinski definition) is 7. The van der Waals surface area contributed by atoms with E-state index >= 15 is 0 Å². The maximum atomic E-state index is 13.0. The molecule has 1 unspecified atom stereocenters. The van der Waals surface area contributed by atoms with Gasteiger partial charge in [-0.2, -0.15) is 5.10 Å². The van der Waals surface area contributed by atoms with Gasteiger partial charge in [-0.25, -0.2) is 5.01 Å². The van der Waals surface area contributed by atoms with E-state index in [1.165, 1.54) is 11.2 Å². The van der Waals surface area contributed by atoms with Gasteiger partial charge in [-0.15, -0.1) is 11.3 Å². The molecule has 0 radical (unpaired) electrons. The summed E-state index contributed by atoms with van der Waals surface area (Å²) >= 11 is 7.47. The van der Waals surface area contributed by atoms with E-state index in [0.29, 0.717) is 22.9 Å². The van der Waals surface area contributed by atoms with Crippen LogP contribution in [0.2, 0.25) is 5.02 Å². The standard InChI is InChI=1S/C24H22ClN3O4S/c1-30-21-10-7-17(12-22(21)31-2)20-13-19(23-4-3-11-33-23)27-28(20)24(29)15-32-26-14-16-5-8-18(25)9-6-16/h3-12,14,20H,13,15H2,1-2H3/b26-14+. The van der Waals surface area contributed by atoms with Crippen LogP contribution in [0, 0.1) is 0 Å². The van der Waals surface area contributed by atoms with Gasteiger partial charge < -0.3 is 14.3 Å². The zero-order valence-electron chi connectivity index (χ0n) is 18.1. The van der Waals surface area contributed by atoms with Crippen molar-refractivity contribution in [3.8, 4) is 11.5 Å². The van der Waals surface area contributed by atoms with Gasteiger partial charge in [0.05, 0.1) is 37.1 Å². The van der Waals surface area contributed by atoms with E-state index in [2.05, 4.69) is 10.3 Å². The number of rotatable bonds is 8. The minimum Gasteiger partial charge on any atom is -0.493 e. The minimum atomic E-state index is -0.297. The van der Waals surface area contributed by atoms with Crippen molar-refractivity contribution in [2.45, 2.75) is 12.5 Å². The molecule has 170 valence electrons. The second kappa shape index (κ2) is 10.5. The molecule has 1 atom stereocenters. The van der Waals surface area contributed by atoms with Crippen LogP contribution in [0.4, 0.5) is 0 Å². The van der Waals surface area contributed by atoms with Crippen LogP contribution in [-0.2, 0) is 9.63 Å². The zero-order chi connectivity index (χ0) is 23.2. The number of carbonyl (C=O) groups is 1. The minimum absolute atomic E-state index is 0.241. The number of carbonyl (C=O) groups excluding carboxylic acids is 1. The average molecular weight is 484 g/mol. The quantitative estimate of drug-likeness (QED) is 0.328. The molecular weight excluding hydrogens is 462 g/mol. The van der Waals surface area contributed by atoms with Gasteiger partial charge in [-0.1, -0.05) is 41.0 Å². The van der Waals surface area contributed by atoms with Crippen LogP contribution in [0.25, 0.3) is 0 Å². The van der Waals surface area contributed by atoms with Crippen molar-refractivity contribution in [1.29, 1.82) is 0 Å². The number of hydrogen-bond donors (Lipinski definition) is 0. The summed E-state index contributed by atoms with van der Waals surface area (Å²) in [5, 5.41) is 12.6. The molecule has 0 fully saturated rings. The fraction of sp³-hybridized carbons (Fsp3) is 0.208. The van der Waals surface area contributed by atoms with E-state index in [1.807, 2.05) is 47.8 Å². The zero-order valence-corrected chi connectivity index (χ0v) is 19.7. The van der Waals surface area contributed by atoms with Crippen molar-refractivity contribution in [2.24, 2.45) is 10.3 Å².